The molecule has 0 fully saturated rings. The second-order valence-electron chi connectivity index (χ2n) is 5.61. The first kappa shape index (κ1) is 16.4. The van der Waals surface area contributed by atoms with Crippen LogP contribution in [0.4, 0.5) is 5.69 Å². The predicted octanol–water partition coefficient (Wildman–Crippen LogP) is 2.18. The van der Waals surface area contributed by atoms with E-state index in [9.17, 15) is 9.59 Å². The minimum atomic E-state index is -0.460. The van der Waals surface area contributed by atoms with E-state index in [2.05, 4.69) is 15.3 Å². The molecular weight excluding hydrogens is 324 g/mol. The van der Waals surface area contributed by atoms with Crippen molar-refractivity contribution in [1.29, 1.82) is 0 Å². The summed E-state index contributed by atoms with van der Waals surface area (Å²) < 4.78 is 0. The molecule has 6 nitrogen and oxygen atoms in total. The number of nitrogens with zero attached hydrogens (tertiary/aromatic N) is 3. The molecule has 24 heavy (non-hydrogen) atoms. The van der Waals surface area contributed by atoms with Crippen molar-refractivity contribution >= 4 is 29.3 Å². The van der Waals surface area contributed by atoms with Gasteiger partial charge < -0.3 is 10.2 Å². The third-order valence-electron chi connectivity index (χ3n) is 3.91. The fourth-order valence-corrected chi connectivity index (χ4v) is 3.77. The van der Waals surface area contributed by atoms with Crippen LogP contribution in [0.5, 0.6) is 0 Å². The van der Waals surface area contributed by atoms with Gasteiger partial charge in [-0.2, -0.15) is 0 Å². The van der Waals surface area contributed by atoms with Crippen LogP contribution in [-0.4, -0.2) is 34.1 Å². The Morgan fingerprint density at radius 2 is 2.17 bits per heavy atom. The maximum atomic E-state index is 12.5. The second kappa shape index (κ2) is 7.00. The molecule has 0 aromatic carbocycles. The van der Waals surface area contributed by atoms with Gasteiger partial charge in [0.25, 0.3) is 0 Å². The van der Waals surface area contributed by atoms with Gasteiger partial charge >= 0.3 is 0 Å². The van der Waals surface area contributed by atoms with Gasteiger partial charge in [-0.3, -0.25) is 14.6 Å². The zero-order valence-corrected chi connectivity index (χ0v) is 14.3. The first-order valence-corrected chi connectivity index (χ1v) is 8.52. The SMILES string of the molecule is C[C@H](NC(=O)C[C@H]1Sc2ncccc2N(C)C1=O)c1cccnc1. The molecular formula is C17H18N4O2S. The fraction of sp³-hybridized carbons (Fsp3) is 0.294. The summed E-state index contributed by atoms with van der Waals surface area (Å²) in [4.78, 5) is 34.7. The van der Waals surface area contributed by atoms with Gasteiger partial charge in [-0.15, -0.1) is 0 Å². The number of thioether (sulfide) groups is 1. The summed E-state index contributed by atoms with van der Waals surface area (Å²) in [5, 5.41) is 3.24. The molecule has 0 spiro atoms. The van der Waals surface area contributed by atoms with Crippen LogP contribution in [0.2, 0.25) is 0 Å². The Kier molecular flexibility index (Phi) is 4.80. The van der Waals surface area contributed by atoms with Crippen molar-refractivity contribution in [3.8, 4) is 0 Å². The molecule has 2 aromatic heterocycles. The third kappa shape index (κ3) is 3.41. The van der Waals surface area contributed by atoms with E-state index < -0.39 is 5.25 Å². The van der Waals surface area contributed by atoms with E-state index in [1.54, 1.807) is 36.6 Å². The molecule has 2 aromatic rings. The summed E-state index contributed by atoms with van der Waals surface area (Å²) in [7, 11) is 1.71. The lowest BCUT2D eigenvalue weighted by molar-refractivity contribution is -0.125. The normalized spacial score (nSPS) is 18.0. The number of amides is 2. The van der Waals surface area contributed by atoms with Crippen molar-refractivity contribution in [3.05, 3.63) is 48.4 Å². The smallest absolute Gasteiger partial charge is 0.240 e. The molecule has 0 bridgehead atoms. The maximum absolute atomic E-state index is 12.5. The largest absolute Gasteiger partial charge is 0.349 e. The number of fused-ring (bicyclic) bond motifs is 1. The summed E-state index contributed by atoms with van der Waals surface area (Å²) in [5.74, 6) is -0.241. The van der Waals surface area contributed by atoms with Gasteiger partial charge in [0.1, 0.15) is 5.03 Å². The molecule has 3 rings (SSSR count). The quantitative estimate of drug-likeness (QED) is 0.922. The number of carbonyl (C=O) groups is 2. The number of aromatic nitrogens is 2. The van der Waals surface area contributed by atoms with E-state index in [0.29, 0.717) is 0 Å². The summed E-state index contributed by atoms with van der Waals surface area (Å²) in [6, 6.07) is 7.24. The van der Waals surface area contributed by atoms with Crippen LogP contribution in [0.25, 0.3) is 0 Å². The topological polar surface area (TPSA) is 75.2 Å². The molecule has 7 heteroatoms. The molecule has 0 saturated heterocycles. The van der Waals surface area contributed by atoms with Crippen LogP contribution < -0.4 is 10.2 Å². The average molecular weight is 342 g/mol. The third-order valence-corrected chi connectivity index (χ3v) is 5.10. The number of hydrogen-bond acceptors (Lipinski definition) is 5. The van der Waals surface area contributed by atoms with Crippen LogP contribution in [-0.2, 0) is 9.59 Å². The lowest BCUT2D eigenvalue weighted by Gasteiger charge is -2.29. The van der Waals surface area contributed by atoms with Gasteiger partial charge in [0, 0.05) is 32.1 Å². The van der Waals surface area contributed by atoms with Crippen LogP contribution in [0, 0.1) is 0 Å². The second-order valence-corrected chi connectivity index (χ2v) is 6.80. The number of hydrogen-bond donors (Lipinski definition) is 1. The number of nitrogens with one attached hydrogen (secondary N) is 1. The molecule has 0 unspecified atom stereocenters. The monoisotopic (exact) mass is 342 g/mol. The minimum absolute atomic E-state index is 0.0790. The molecule has 0 radical (unpaired) electrons. The molecule has 2 atom stereocenters. The molecule has 124 valence electrons. The van der Waals surface area contributed by atoms with E-state index in [0.717, 1.165) is 16.3 Å². The summed E-state index contributed by atoms with van der Waals surface area (Å²) in [6.07, 6.45) is 5.22. The molecule has 1 aliphatic rings. The maximum Gasteiger partial charge on any atom is 0.240 e. The van der Waals surface area contributed by atoms with Crippen molar-refractivity contribution < 1.29 is 9.59 Å². The van der Waals surface area contributed by atoms with Crippen molar-refractivity contribution in [1.82, 2.24) is 15.3 Å². The Bertz CT molecular complexity index is 753. The Morgan fingerprint density at radius 1 is 1.38 bits per heavy atom. The first-order valence-electron chi connectivity index (χ1n) is 7.65. The van der Waals surface area contributed by atoms with Crippen LogP contribution in [0.1, 0.15) is 24.9 Å². The highest BCUT2D eigenvalue weighted by atomic mass is 32.2. The molecule has 1 N–H and O–H groups in total. The standard InChI is InChI=1S/C17H18N4O2S/c1-11(12-5-3-7-18-10-12)20-15(22)9-14-17(23)21(2)13-6-4-8-19-16(13)24-14/h3-8,10-11,14H,9H2,1-2H3,(H,20,22)/t11-,14+/m0/s1. The molecule has 1 aliphatic heterocycles. The van der Waals surface area contributed by atoms with Gasteiger partial charge in [0.2, 0.25) is 11.8 Å². The highest BCUT2D eigenvalue weighted by Crippen LogP contribution is 2.37. The number of rotatable bonds is 4. The van der Waals surface area contributed by atoms with Crippen LogP contribution in [0.3, 0.4) is 0 Å². The Balaban J connectivity index is 1.66. The predicted molar refractivity (Wildman–Crippen MR) is 92.7 cm³/mol. The van der Waals surface area contributed by atoms with E-state index in [-0.39, 0.29) is 24.3 Å². The van der Waals surface area contributed by atoms with Gasteiger partial charge in [0.15, 0.2) is 0 Å². The molecule has 3 heterocycles. The Morgan fingerprint density at radius 3 is 2.92 bits per heavy atom. The van der Waals surface area contributed by atoms with E-state index in [1.165, 1.54) is 11.8 Å². The van der Waals surface area contributed by atoms with Gasteiger partial charge in [-0.1, -0.05) is 17.8 Å². The molecule has 0 saturated carbocycles. The first-order chi connectivity index (χ1) is 11.6. The van der Waals surface area contributed by atoms with Crippen LogP contribution >= 0.6 is 11.8 Å². The van der Waals surface area contributed by atoms with Crippen molar-refractivity contribution in [2.75, 3.05) is 11.9 Å². The Hall–Kier alpha value is -2.41. The van der Waals surface area contributed by atoms with E-state index in [4.69, 9.17) is 0 Å². The number of carbonyl (C=O) groups excluding carboxylic acids is 2. The van der Waals surface area contributed by atoms with Gasteiger partial charge in [0.05, 0.1) is 17.0 Å². The molecule has 0 aliphatic carbocycles. The zero-order valence-electron chi connectivity index (χ0n) is 13.5. The highest BCUT2D eigenvalue weighted by Gasteiger charge is 2.33. The summed E-state index contributed by atoms with van der Waals surface area (Å²) in [6.45, 7) is 1.90. The highest BCUT2D eigenvalue weighted by molar-refractivity contribution is 8.00. The van der Waals surface area contributed by atoms with E-state index in [1.807, 2.05) is 25.1 Å². The minimum Gasteiger partial charge on any atom is -0.349 e. The Labute approximate surface area is 144 Å². The average Bonchev–Trinajstić information content (AvgIpc) is 2.60. The van der Waals surface area contributed by atoms with Gasteiger partial charge in [-0.05, 0) is 30.7 Å². The van der Waals surface area contributed by atoms with Crippen molar-refractivity contribution in [3.63, 3.8) is 0 Å². The summed E-state index contributed by atoms with van der Waals surface area (Å²) in [5.41, 5.74) is 1.71. The van der Waals surface area contributed by atoms with E-state index >= 15 is 0 Å². The van der Waals surface area contributed by atoms with Crippen LogP contribution in [0.15, 0.2) is 47.9 Å². The van der Waals surface area contributed by atoms with Crippen molar-refractivity contribution in [2.24, 2.45) is 0 Å². The zero-order chi connectivity index (χ0) is 17.1. The molecule has 2 amide bonds. The fourth-order valence-electron chi connectivity index (χ4n) is 2.56. The van der Waals surface area contributed by atoms with Crippen molar-refractivity contribution in [2.45, 2.75) is 29.7 Å². The summed E-state index contributed by atoms with van der Waals surface area (Å²) >= 11 is 1.34. The lowest BCUT2D eigenvalue weighted by Crippen LogP contribution is -2.41. The number of pyridine rings is 2. The number of anilines is 1. The lowest BCUT2D eigenvalue weighted by atomic mass is 10.1. The van der Waals surface area contributed by atoms with Gasteiger partial charge in [-0.25, -0.2) is 4.98 Å².